The third kappa shape index (κ3) is 20.2. The highest BCUT2D eigenvalue weighted by Crippen LogP contribution is 2.29. The Morgan fingerprint density at radius 2 is 0.667 bits per heavy atom. The van der Waals surface area contributed by atoms with Crippen LogP contribution < -0.4 is 54.0 Å². The molecule has 0 saturated heterocycles. The van der Waals surface area contributed by atoms with Crippen molar-refractivity contribution in [2.75, 3.05) is 47.4 Å². The van der Waals surface area contributed by atoms with E-state index in [0.717, 1.165) is 0 Å². The number of imidazole rings is 4. The molecule has 0 aliphatic rings. The summed E-state index contributed by atoms with van der Waals surface area (Å²) in [5.74, 6) is -3.36. The maximum absolute atomic E-state index is 14.5. The fourth-order valence-corrected chi connectivity index (χ4v) is 14.3. The summed E-state index contributed by atoms with van der Waals surface area (Å²) in [5.41, 5.74) is 19.8. The van der Waals surface area contributed by atoms with E-state index in [2.05, 4.69) is 67.9 Å². The number of aromatic nitrogens is 16. The molecule has 13 aromatic rings. The molecule has 0 aliphatic heterocycles. The number of nitrogens with two attached hydrogens (primary N) is 2. The molecule has 123 heavy (non-hydrogen) atoms. The number of nitrogens with one attached hydrogen (secondary N) is 8. The van der Waals surface area contributed by atoms with E-state index in [1.54, 1.807) is 194 Å². The molecular weight excluding hydrogens is 1570 g/mol. The third-order valence-corrected chi connectivity index (χ3v) is 20.3. The average Bonchev–Trinajstić information content (AvgIpc) is 1.65. The lowest BCUT2D eigenvalue weighted by Gasteiger charge is -2.25. The molecule has 12 N–H and O–H groups in total. The summed E-state index contributed by atoms with van der Waals surface area (Å²) in [6.07, 6.45) is 8.38. The maximum Gasteiger partial charge on any atom is 0.407 e. The van der Waals surface area contributed by atoms with Gasteiger partial charge in [0, 0.05) is 106 Å². The summed E-state index contributed by atoms with van der Waals surface area (Å²) in [7, 11) is 0. The lowest BCUT2D eigenvalue weighted by molar-refractivity contribution is 0.0303. The van der Waals surface area contributed by atoms with Crippen molar-refractivity contribution >= 4 is 127 Å². The molecule has 8 heterocycles. The van der Waals surface area contributed by atoms with E-state index in [1.165, 1.54) is 6.07 Å². The van der Waals surface area contributed by atoms with Gasteiger partial charge in [0.25, 0.3) is 41.4 Å². The number of anilines is 4. The largest absolute Gasteiger partial charge is 0.444 e. The molecule has 10 amide bonds. The number of hydrogen-bond donors (Lipinski definition) is 10. The molecule has 636 valence electrons. The van der Waals surface area contributed by atoms with Crippen LogP contribution in [-0.4, -0.2) is 168 Å². The minimum absolute atomic E-state index is 0.147. The first-order valence-electron chi connectivity index (χ1n) is 40.3. The van der Waals surface area contributed by atoms with Crippen molar-refractivity contribution in [3.63, 3.8) is 0 Å². The SMILES string of the molecule is CCn1nc(C)cc1C(=O)Nc1nc2cc(C(N)=O)ccc2n1C/C=C/Cn1c(NC(=O)c2cc(C)nn2CC)nc2cc(C(=O)NCCCNC(=O)OC(C)(C)CCCn3nc(C)cc3C(=O)Nc3nc4cc(C(N)=O)ccc4n3C/C=C/Cn3c(NC(=O)c4cc(C)nn4CC)nc4cc(C(=O)NCCCNC(=O)c5ccccc5)ccc43)ccc21. The highest BCUT2D eigenvalue weighted by atomic mass is 16.6. The van der Waals surface area contributed by atoms with Gasteiger partial charge >= 0.3 is 6.09 Å². The Bertz CT molecular complexity index is 6300. The van der Waals surface area contributed by atoms with Gasteiger partial charge in [-0.25, -0.2) is 24.7 Å². The van der Waals surface area contributed by atoms with Crippen LogP contribution in [0.4, 0.5) is 28.6 Å². The molecule has 5 aromatic carbocycles. The Balaban J connectivity index is 0.613. The lowest BCUT2D eigenvalue weighted by atomic mass is 10.0. The van der Waals surface area contributed by atoms with Gasteiger partial charge in [0.05, 0.1) is 66.9 Å². The molecule has 37 nitrogen and oxygen atoms in total. The quantitative estimate of drug-likeness (QED) is 0.0128. The van der Waals surface area contributed by atoms with Gasteiger partial charge < -0.3 is 55.7 Å². The summed E-state index contributed by atoms with van der Waals surface area (Å²) in [5, 5.41) is 41.2. The van der Waals surface area contributed by atoms with Crippen LogP contribution in [0.25, 0.3) is 44.1 Å². The number of carbonyl (C=O) groups is 10. The summed E-state index contributed by atoms with van der Waals surface area (Å²) < 4.78 is 19.4. The minimum Gasteiger partial charge on any atom is -0.444 e. The molecule has 0 aliphatic carbocycles. The zero-order valence-electron chi connectivity index (χ0n) is 69.5. The van der Waals surface area contributed by atoms with Gasteiger partial charge in [-0.15, -0.1) is 0 Å². The van der Waals surface area contributed by atoms with E-state index >= 15 is 0 Å². The second-order valence-corrected chi connectivity index (χ2v) is 29.9. The van der Waals surface area contributed by atoms with E-state index in [0.29, 0.717) is 159 Å². The highest BCUT2D eigenvalue weighted by Gasteiger charge is 2.28. The molecule has 0 unspecified atom stereocenters. The normalized spacial score (nSPS) is 11.7. The van der Waals surface area contributed by atoms with Crippen molar-refractivity contribution in [3.05, 3.63) is 225 Å². The molecule has 0 bridgehead atoms. The molecular formula is C86H96N26O11. The number of fused-ring (bicyclic) bond motifs is 4. The van der Waals surface area contributed by atoms with Crippen LogP contribution >= 0.6 is 0 Å². The first-order chi connectivity index (χ1) is 59.1. The number of carbonyl (C=O) groups excluding carboxylic acids is 10. The number of benzene rings is 5. The second kappa shape index (κ2) is 37.8. The standard InChI is InChI=1S/C86H96N26O11/c1-10-109-68(43-51(4)101-109)77(118)97-81-93-60-47-56(72(87)113)25-29-64(60)105(81)38-16-18-40-107-67-32-28-59(50-63(67)96-84(107)99-79(120)70-45-53(6)103-111(70)12-3)76(117)91-36-22-37-92-85(122)123-86(8,9)33-20-42-112-71(46-54(7)104-112)80(121)100-82-94-61-48-57(73(88)114)26-30-65(61)106(82)39-17-19-41-108-66-31-27-58(75(116)90-35-21-34-89-74(115)55-23-14-13-15-24-55)49-62(66)95-83(108)98-78(119)69-44-52(5)102-110(69)11-2/h13-19,23-32,43-50H,10-12,20-22,33-42H2,1-9H3,(H2,87,113)(H2,88,114)(H,89,115)(H,90,116)(H,91,117)(H,92,122)(H,93,97,118)(H,94,100,121)(H,95,98,119)(H,96,99,120)/b18-16+,19-17+. The molecule has 8 aromatic heterocycles. The lowest BCUT2D eigenvalue weighted by Crippen LogP contribution is -2.36. The van der Waals surface area contributed by atoms with Gasteiger partial charge in [-0.1, -0.05) is 42.5 Å². The van der Waals surface area contributed by atoms with Crippen LogP contribution in [-0.2, 0) is 57.1 Å². The van der Waals surface area contributed by atoms with E-state index in [1.807, 2.05) is 51.1 Å². The fourth-order valence-electron chi connectivity index (χ4n) is 14.3. The topological polar surface area (TPSA) is 471 Å². The van der Waals surface area contributed by atoms with Crippen LogP contribution in [0.15, 0.2) is 152 Å². The number of allylic oxidation sites excluding steroid dienone is 4. The van der Waals surface area contributed by atoms with Crippen molar-refractivity contribution in [2.24, 2.45) is 11.5 Å². The van der Waals surface area contributed by atoms with Crippen molar-refractivity contribution < 1.29 is 52.7 Å². The zero-order chi connectivity index (χ0) is 87.3. The van der Waals surface area contributed by atoms with Gasteiger partial charge in [0.1, 0.15) is 28.4 Å². The monoisotopic (exact) mass is 1670 g/mol. The van der Waals surface area contributed by atoms with Crippen molar-refractivity contribution in [1.29, 1.82) is 0 Å². The number of ether oxygens (including phenoxy) is 1. The number of rotatable bonds is 37. The van der Waals surface area contributed by atoms with Gasteiger partial charge in [0.15, 0.2) is 0 Å². The van der Waals surface area contributed by atoms with Gasteiger partial charge in [0.2, 0.25) is 35.6 Å². The summed E-state index contributed by atoms with van der Waals surface area (Å²) in [6.45, 7) is 19.7. The van der Waals surface area contributed by atoms with E-state index < -0.39 is 53.0 Å². The Kier molecular flexibility index (Phi) is 26.3. The number of aryl methyl sites for hydroxylation is 8. The fraction of sp³-hybridized carbons (Fsp3) is 0.302. The molecule has 0 saturated carbocycles. The van der Waals surface area contributed by atoms with Gasteiger partial charge in [-0.05, 0) is 197 Å². The Hall–Kier alpha value is -15.2. The molecule has 13 rings (SSSR count). The van der Waals surface area contributed by atoms with E-state index in [-0.39, 0.29) is 98.2 Å². The minimum atomic E-state index is -0.971. The molecule has 37 heteroatoms. The third-order valence-electron chi connectivity index (χ3n) is 20.3. The Morgan fingerprint density at radius 1 is 0.366 bits per heavy atom. The van der Waals surface area contributed by atoms with Crippen LogP contribution in [0.3, 0.4) is 0 Å². The van der Waals surface area contributed by atoms with E-state index in [9.17, 15) is 47.9 Å². The van der Waals surface area contributed by atoms with Gasteiger partial charge in [-0.3, -0.25) is 83.1 Å². The van der Waals surface area contributed by atoms with Crippen LogP contribution in [0, 0.1) is 27.7 Å². The predicted molar refractivity (Wildman–Crippen MR) is 461 cm³/mol. The Labute approximate surface area is 705 Å². The molecule has 0 fully saturated rings. The maximum atomic E-state index is 14.5. The first-order valence-corrected chi connectivity index (χ1v) is 40.3. The number of primary amides is 2. The molecule has 0 spiro atoms. The Morgan fingerprint density at radius 3 is 1.00 bits per heavy atom. The average molecular weight is 1670 g/mol. The van der Waals surface area contributed by atoms with Crippen molar-refractivity contribution in [2.45, 2.75) is 146 Å². The van der Waals surface area contributed by atoms with Gasteiger partial charge in [-0.2, -0.15) is 20.4 Å². The highest BCUT2D eigenvalue weighted by molar-refractivity contribution is 6.07. The number of amides is 10. The summed E-state index contributed by atoms with van der Waals surface area (Å²) in [4.78, 5) is 153. The molecule has 0 atom stereocenters. The number of alkyl carbamates (subject to hydrolysis) is 1. The zero-order valence-corrected chi connectivity index (χ0v) is 69.5. The smallest absolute Gasteiger partial charge is 0.407 e. The van der Waals surface area contributed by atoms with Crippen LogP contribution in [0.2, 0.25) is 0 Å². The predicted octanol–water partition coefficient (Wildman–Crippen LogP) is 9.54. The second-order valence-electron chi connectivity index (χ2n) is 29.9. The first kappa shape index (κ1) is 85.7. The van der Waals surface area contributed by atoms with Crippen LogP contribution in [0.5, 0.6) is 0 Å². The number of hydrogen-bond acceptors (Lipinski definition) is 19. The van der Waals surface area contributed by atoms with Crippen molar-refractivity contribution in [3.8, 4) is 0 Å². The van der Waals surface area contributed by atoms with Crippen LogP contribution in [0.1, 0.15) is 177 Å². The summed E-state index contributed by atoms with van der Waals surface area (Å²) >= 11 is 0. The molecule has 0 radical (unpaired) electrons. The van der Waals surface area contributed by atoms with E-state index in [4.69, 9.17) is 31.2 Å². The van der Waals surface area contributed by atoms with Crippen molar-refractivity contribution in [1.82, 2.24) is 98.6 Å². The number of nitrogens with zero attached hydrogens (tertiary/aromatic N) is 16. The summed E-state index contributed by atoms with van der Waals surface area (Å²) in [6, 6.07) is 35.3.